The maximum absolute atomic E-state index is 5.73. The fourth-order valence-corrected chi connectivity index (χ4v) is 3.66. The molecule has 0 heterocycles. The normalized spacial score (nSPS) is 11.5. The lowest BCUT2D eigenvalue weighted by atomic mass is 10.4. The first-order valence-corrected chi connectivity index (χ1v) is 7.22. The van der Waals surface area contributed by atoms with Gasteiger partial charge in [-0.15, -0.1) is 0 Å². The Kier molecular flexibility index (Phi) is 4.74. The van der Waals surface area contributed by atoms with Crippen molar-refractivity contribution in [2.24, 2.45) is 0 Å². The molecule has 13 heavy (non-hydrogen) atoms. The van der Waals surface area contributed by atoms with Gasteiger partial charge < -0.3 is 4.12 Å². The summed E-state index contributed by atoms with van der Waals surface area (Å²) in [6.45, 7) is 4.25. The summed E-state index contributed by atoms with van der Waals surface area (Å²) in [5, 5.41) is 1.40. The van der Waals surface area contributed by atoms with Gasteiger partial charge in [-0.2, -0.15) is 0 Å². The first kappa shape index (κ1) is 10.4. The van der Waals surface area contributed by atoms with Crippen molar-refractivity contribution in [1.29, 1.82) is 0 Å². The van der Waals surface area contributed by atoms with Crippen LogP contribution in [0.3, 0.4) is 0 Å². The van der Waals surface area contributed by atoms with Crippen LogP contribution in [0.5, 0.6) is 0 Å². The molecule has 1 rings (SSSR count). The highest BCUT2D eigenvalue weighted by atomic mass is 28.3. The predicted octanol–water partition coefficient (Wildman–Crippen LogP) is 0.420. The largest absolute Gasteiger partial charge is 0.458 e. The van der Waals surface area contributed by atoms with E-state index in [0.29, 0.717) is 0 Å². The SMILES string of the molecule is CC(C)=C[SiH2]O[SiH2]c1ccccc1. The van der Waals surface area contributed by atoms with Gasteiger partial charge in [-0.3, -0.25) is 0 Å². The van der Waals surface area contributed by atoms with Crippen molar-refractivity contribution in [3.63, 3.8) is 0 Å². The molecule has 1 aromatic rings. The van der Waals surface area contributed by atoms with Crippen LogP contribution in [0.15, 0.2) is 41.6 Å². The summed E-state index contributed by atoms with van der Waals surface area (Å²) in [6, 6.07) is 10.5. The zero-order valence-electron chi connectivity index (χ0n) is 8.29. The lowest BCUT2D eigenvalue weighted by Crippen LogP contribution is -2.18. The molecule has 0 fully saturated rings. The van der Waals surface area contributed by atoms with Crippen LogP contribution in [0, 0.1) is 0 Å². The van der Waals surface area contributed by atoms with E-state index in [4.69, 9.17) is 4.12 Å². The Morgan fingerprint density at radius 2 is 1.92 bits per heavy atom. The summed E-state index contributed by atoms with van der Waals surface area (Å²) in [7, 11) is -0.818. The van der Waals surface area contributed by atoms with E-state index in [1.54, 1.807) is 0 Å². The van der Waals surface area contributed by atoms with Crippen LogP contribution in [0.2, 0.25) is 0 Å². The Bertz CT molecular complexity index is 266. The van der Waals surface area contributed by atoms with Crippen molar-refractivity contribution >= 4 is 24.7 Å². The summed E-state index contributed by atoms with van der Waals surface area (Å²) in [6.07, 6.45) is 0. The second-order valence-electron chi connectivity index (χ2n) is 3.28. The van der Waals surface area contributed by atoms with E-state index in [1.165, 1.54) is 10.8 Å². The second kappa shape index (κ2) is 5.91. The maximum atomic E-state index is 5.73. The van der Waals surface area contributed by atoms with Gasteiger partial charge in [-0.25, -0.2) is 0 Å². The van der Waals surface area contributed by atoms with Gasteiger partial charge in [0, 0.05) is 0 Å². The smallest absolute Gasteiger partial charge is 0.178 e. The second-order valence-corrected chi connectivity index (χ2v) is 6.76. The summed E-state index contributed by atoms with van der Waals surface area (Å²) in [5.74, 6) is 0. The van der Waals surface area contributed by atoms with E-state index < -0.39 is 9.76 Å². The molecule has 70 valence electrons. The highest BCUT2D eigenvalue weighted by Gasteiger charge is 1.90. The molecule has 0 aromatic heterocycles. The molecular formula is C10H16OSi2. The van der Waals surface area contributed by atoms with Crippen LogP contribution in [-0.4, -0.2) is 19.5 Å². The van der Waals surface area contributed by atoms with Gasteiger partial charge in [-0.1, -0.05) is 41.6 Å². The minimum Gasteiger partial charge on any atom is -0.458 e. The minimum absolute atomic E-state index is 0.380. The molecule has 1 nitrogen and oxygen atoms in total. The zero-order chi connectivity index (χ0) is 9.52. The Labute approximate surface area is 84.7 Å². The van der Waals surface area contributed by atoms with Crippen molar-refractivity contribution in [1.82, 2.24) is 0 Å². The van der Waals surface area contributed by atoms with Crippen molar-refractivity contribution in [2.75, 3.05) is 0 Å². The van der Waals surface area contributed by atoms with Crippen molar-refractivity contribution < 1.29 is 4.12 Å². The molecule has 3 heteroatoms. The fourth-order valence-electron chi connectivity index (χ4n) is 0.977. The van der Waals surface area contributed by atoms with Gasteiger partial charge in [0.2, 0.25) is 0 Å². The molecule has 0 unspecified atom stereocenters. The Balaban J connectivity index is 2.25. The molecule has 0 N–H and O–H groups in total. The van der Waals surface area contributed by atoms with Crippen molar-refractivity contribution in [2.45, 2.75) is 13.8 Å². The molecule has 0 amide bonds. The average Bonchev–Trinajstić information content (AvgIpc) is 2.14. The topological polar surface area (TPSA) is 9.23 Å². The first-order chi connectivity index (χ1) is 6.29. The van der Waals surface area contributed by atoms with Crippen LogP contribution in [0.4, 0.5) is 0 Å². The third-order valence-corrected chi connectivity index (χ3v) is 5.27. The van der Waals surface area contributed by atoms with E-state index in [-0.39, 0.29) is 9.76 Å². The lowest BCUT2D eigenvalue weighted by Gasteiger charge is -2.00. The van der Waals surface area contributed by atoms with Crippen LogP contribution in [0.1, 0.15) is 13.8 Å². The predicted molar refractivity (Wildman–Crippen MR) is 63.7 cm³/mol. The quantitative estimate of drug-likeness (QED) is 0.515. The van der Waals surface area contributed by atoms with E-state index >= 15 is 0 Å². The van der Waals surface area contributed by atoms with E-state index in [0.717, 1.165) is 0 Å². The van der Waals surface area contributed by atoms with Crippen molar-refractivity contribution in [3.8, 4) is 0 Å². The van der Waals surface area contributed by atoms with Crippen LogP contribution in [-0.2, 0) is 4.12 Å². The molecule has 0 aliphatic rings. The third-order valence-electron chi connectivity index (χ3n) is 1.72. The van der Waals surface area contributed by atoms with Gasteiger partial charge in [0.25, 0.3) is 0 Å². The summed E-state index contributed by atoms with van der Waals surface area (Å²) in [4.78, 5) is 0. The van der Waals surface area contributed by atoms with Crippen molar-refractivity contribution in [3.05, 3.63) is 41.6 Å². The summed E-state index contributed by atoms with van der Waals surface area (Å²) >= 11 is 0. The van der Waals surface area contributed by atoms with Gasteiger partial charge in [0.05, 0.1) is 0 Å². The summed E-state index contributed by atoms with van der Waals surface area (Å²) < 4.78 is 5.73. The monoisotopic (exact) mass is 208 g/mol. The molecule has 0 saturated heterocycles. The van der Waals surface area contributed by atoms with Crippen LogP contribution >= 0.6 is 0 Å². The number of benzene rings is 1. The molecule has 0 atom stereocenters. The van der Waals surface area contributed by atoms with E-state index in [2.05, 4.69) is 43.8 Å². The summed E-state index contributed by atoms with van der Waals surface area (Å²) in [5.41, 5.74) is 3.64. The molecule has 0 aliphatic carbocycles. The first-order valence-electron chi connectivity index (χ1n) is 4.54. The zero-order valence-corrected chi connectivity index (χ0v) is 11.1. The molecule has 0 saturated carbocycles. The van der Waals surface area contributed by atoms with Crippen LogP contribution in [0.25, 0.3) is 0 Å². The fraction of sp³-hybridized carbons (Fsp3) is 0.200. The Morgan fingerprint density at radius 3 is 2.54 bits per heavy atom. The number of allylic oxidation sites excluding steroid dienone is 1. The Morgan fingerprint density at radius 1 is 1.23 bits per heavy atom. The van der Waals surface area contributed by atoms with E-state index in [1.807, 2.05) is 6.07 Å². The van der Waals surface area contributed by atoms with Gasteiger partial charge in [-0.05, 0) is 19.0 Å². The van der Waals surface area contributed by atoms with Crippen LogP contribution < -0.4 is 5.19 Å². The number of rotatable bonds is 4. The lowest BCUT2D eigenvalue weighted by molar-refractivity contribution is 0.662. The molecule has 0 radical (unpaired) electrons. The number of hydrogen-bond donors (Lipinski definition) is 0. The van der Waals surface area contributed by atoms with Gasteiger partial charge >= 0.3 is 0 Å². The molecular weight excluding hydrogens is 192 g/mol. The highest BCUT2D eigenvalue weighted by molar-refractivity contribution is 6.55. The molecule has 0 spiro atoms. The third kappa shape index (κ3) is 4.82. The Hall–Kier alpha value is -0.646. The van der Waals surface area contributed by atoms with Gasteiger partial charge in [0.1, 0.15) is 0 Å². The van der Waals surface area contributed by atoms with E-state index in [9.17, 15) is 0 Å². The highest BCUT2D eigenvalue weighted by Crippen LogP contribution is 1.86. The van der Waals surface area contributed by atoms with Gasteiger partial charge in [0.15, 0.2) is 19.5 Å². The molecule has 1 aromatic carbocycles. The molecule has 0 aliphatic heterocycles. The average molecular weight is 208 g/mol. The standard InChI is InChI=1S/C10H16OSi2/c1-9(2)8-12-11-13-10-6-4-3-5-7-10/h3-8H,12-13H2,1-2H3. The maximum Gasteiger partial charge on any atom is 0.178 e. The minimum atomic E-state index is -0.437. The molecule has 0 bridgehead atoms. The number of hydrogen-bond acceptors (Lipinski definition) is 1.